The molecule has 6 rings (SSSR count). The molecular formula is C38H38N4O7S. The summed E-state index contributed by atoms with van der Waals surface area (Å²) in [5.41, 5.74) is 2.92. The molecule has 1 saturated heterocycles. The van der Waals surface area contributed by atoms with Gasteiger partial charge >= 0.3 is 18.2 Å². The molecule has 3 atom stereocenters. The number of ether oxygens (including phenoxy) is 2. The summed E-state index contributed by atoms with van der Waals surface area (Å²) in [5.74, 6) is 0. The van der Waals surface area contributed by atoms with Crippen LogP contribution in [-0.4, -0.2) is 65.1 Å². The molecule has 4 amide bonds. The Morgan fingerprint density at radius 1 is 0.680 bits per heavy atom. The predicted molar refractivity (Wildman–Crippen MR) is 186 cm³/mol. The lowest BCUT2D eigenvalue weighted by Crippen LogP contribution is -2.68. The molecule has 258 valence electrons. The first-order valence-electron chi connectivity index (χ1n) is 16.4. The van der Waals surface area contributed by atoms with Gasteiger partial charge in [-0.25, -0.2) is 37.1 Å². The zero-order valence-corrected chi connectivity index (χ0v) is 28.8. The van der Waals surface area contributed by atoms with Crippen molar-refractivity contribution in [3.63, 3.8) is 0 Å². The van der Waals surface area contributed by atoms with Crippen LogP contribution >= 0.6 is 0 Å². The first-order valence-corrected chi connectivity index (χ1v) is 17.8. The monoisotopic (exact) mass is 694 g/mol. The molecule has 0 aliphatic carbocycles. The summed E-state index contributed by atoms with van der Waals surface area (Å²) in [5, 5.41) is 2.28. The second-order valence-corrected chi connectivity index (χ2v) is 13.6. The topological polar surface area (TPSA) is 117 Å². The summed E-state index contributed by atoms with van der Waals surface area (Å²) in [6, 6.07) is 28.7. The molecule has 11 nitrogen and oxygen atoms in total. The Balaban J connectivity index is 1.68. The van der Waals surface area contributed by atoms with Crippen LogP contribution in [0.25, 0.3) is 0 Å². The normalized spacial score (nSPS) is 19.1. The third kappa shape index (κ3) is 6.41. The Bertz CT molecular complexity index is 1970. The van der Waals surface area contributed by atoms with Crippen LogP contribution in [0.4, 0.5) is 14.4 Å². The molecule has 50 heavy (non-hydrogen) atoms. The number of amides is 4. The number of benzene rings is 4. The van der Waals surface area contributed by atoms with Crippen LogP contribution in [0.3, 0.4) is 0 Å². The van der Waals surface area contributed by atoms with Crippen LogP contribution in [0.5, 0.6) is 0 Å². The van der Waals surface area contributed by atoms with Crippen molar-refractivity contribution < 1.29 is 32.3 Å². The second kappa shape index (κ2) is 14.5. The van der Waals surface area contributed by atoms with Crippen LogP contribution < -0.4 is 0 Å². The minimum absolute atomic E-state index is 0.00338. The Morgan fingerprint density at radius 2 is 1.20 bits per heavy atom. The van der Waals surface area contributed by atoms with E-state index in [9.17, 15) is 18.0 Å². The van der Waals surface area contributed by atoms with Gasteiger partial charge in [-0.1, -0.05) is 109 Å². The van der Waals surface area contributed by atoms with Gasteiger partial charge in [0.1, 0.15) is 18.1 Å². The van der Waals surface area contributed by atoms with Crippen molar-refractivity contribution in [1.82, 2.24) is 19.2 Å². The van der Waals surface area contributed by atoms with Gasteiger partial charge in [0.2, 0.25) is 0 Å². The van der Waals surface area contributed by atoms with E-state index in [1.54, 1.807) is 86.7 Å². The van der Waals surface area contributed by atoms with E-state index in [4.69, 9.17) is 9.47 Å². The summed E-state index contributed by atoms with van der Waals surface area (Å²) in [6.07, 6.45) is -0.0325. The fourth-order valence-corrected chi connectivity index (χ4v) is 7.93. The number of hydrazine groups is 1. The maximum Gasteiger partial charge on any atom is 0.429 e. The lowest BCUT2D eigenvalue weighted by atomic mass is 9.89. The van der Waals surface area contributed by atoms with E-state index in [2.05, 4.69) is 0 Å². The summed E-state index contributed by atoms with van der Waals surface area (Å²) in [7, 11) is -4.57. The van der Waals surface area contributed by atoms with Crippen molar-refractivity contribution in [1.29, 1.82) is 0 Å². The number of nitrogens with zero attached hydrogens (tertiary/aromatic N) is 4. The van der Waals surface area contributed by atoms with Crippen LogP contribution in [0.1, 0.15) is 48.2 Å². The maximum absolute atomic E-state index is 15.0. The highest BCUT2D eigenvalue weighted by Gasteiger charge is 2.58. The fraction of sp³-hybridized carbons (Fsp3) is 0.237. The van der Waals surface area contributed by atoms with E-state index >= 15 is 4.79 Å². The molecule has 1 fully saturated rings. The molecule has 2 aliphatic rings. The standard InChI is InChI=1S/C38H38N4O7S/c1-4-48-37(44)40-32(29-17-11-7-12-18-29)25-33-35(41(40)38(45)49-5-2)34(30-19-13-8-14-20-30)42(50(46,47)31-23-21-27(3)22-24-31)36(43)39(33)26-28-15-9-6-10-16-28/h6-25,32,34-35H,4-5,26H2,1-3H3/t32-,34-,35+/m1/s1. The molecule has 0 bridgehead atoms. The maximum atomic E-state index is 15.0. The van der Waals surface area contributed by atoms with E-state index in [-0.39, 0.29) is 24.7 Å². The van der Waals surface area contributed by atoms with Crippen LogP contribution in [0.15, 0.2) is 132 Å². The number of rotatable bonds is 8. The third-order valence-corrected chi connectivity index (χ3v) is 10.4. The van der Waals surface area contributed by atoms with E-state index in [0.717, 1.165) is 25.4 Å². The first kappa shape index (κ1) is 34.3. The van der Waals surface area contributed by atoms with E-state index in [1.807, 2.05) is 43.3 Å². The zero-order valence-electron chi connectivity index (χ0n) is 28.0. The number of hydrogen-bond donors (Lipinski definition) is 0. The number of fused-ring (bicyclic) bond motifs is 1. The molecule has 0 radical (unpaired) electrons. The molecular weight excluding hydrogens is 657 g/mol. The van der Waals surface area contributed by atoms with E-state index in [1.165, 1.54) is 17.0 Å². The van der Waals surface area contributed by atoms with Crippen LogP contribution in [0, 0.1) is 6.92 Å². The highest BCUT2D eigenvalue weighted by atomic mass is 32.2. The van der Waals surface area contributed by atoms with E-state index in [0.29, 0.717) is 16.8 Å². The quantitative estimate of drug-likeness (QED) is 0.192. The van der Waals surface area contributed by atoms with Crippen molar-refractivity contribution >= 4 is 28.2 Å². The van der Waals surface area contributed by atoms with Crippen molar-refractivity contribution in [2.24, 2.45) is 0 Å². The first-order chi connectivity index (χ1) is 24.2. The Hall–Kier alpha value is -5.62. The van der Waals surface area contributed by atoms with Gasteiger partial charge in [0, 0.05) is 5.70 Å². The summed E-state index contributed by atoms with van der Waals surface area (Å²) >= 11 is 0. The smallest absolute Gasteiger partial charge is 0.429 e. The van der Waals surface area contributed by atoms with Crippen molar-refractivity contribution in [2.75, 3.05) is 13.2 Å². The molecule has 0 aromatic heterocycles. The van der Waals surface area contributed by atoms with Gasteiger partial charge in [0.05, 0.1) is 24.7 Å². The second-order valence-electron chi connectivity index (χ2n) is 11.8. The lowest BCUT2D eigenvalue weighted by molar-refractivity contribution is -0.0808. The lowest BCUT2D eigenvalue weighted by Gasteiger charge is -2.54. The van der Waals surface area contributed by atoms with Gasteiger partial charge in [-0.05, 0) is 55.7 Å². The van der Waals surface area contributed by atoms with Crippen LogP contribution in [0.2, 0.25) is 0 Å². The SMILES string of the molecule is CCOC(=O)N1[C@@H](c2ccccc2)C=C2[C@@H]([C@@H](c3ccccc3)N(S(=O)(=O)c3ccc(C)cc3)C(=O)N2Cc2ccccc2)N1C(=O)OCC. The van der Waals surface area contributed by atoms with Gasteiger partial charge in [0.25, 0.3) is 10.0 Å². The molecule has 2 aliphatic heterocycles. The predicted octanol–water partition coefficient (Wildman–Crippen LogP) is 7.20. The van der Waals surface area contributed by atoms with Gasteiger partial charge in [-0.2, -0.15) is 0 Å². The van der Waals surface area contributed by atoms with Gasteiger partial charge in [0.15, 0.2) is 0 Å². The number of carbonyl (C=O) groups excluding carboxylic acids is 3. The fourth-order valence-electron chi connectivity index (χ4n) is 6.38. The van der Waals surface area contributed by atoms with Crippen LogP contribution in [-0.2, 0) is 26.0 Å². The number of sulfonamides is 1. The summed E-state index contributed by atoms with van der Waals surface area (Å²) in [4.78, 5) is 44.6. The van der Waals surface area contributed by atoms with Gasteiger partial charge in [-0.15, -0.1) is 0 Å². The minimum Gasteiger partial charge on any atom is -0.448 e. The molecule has 0 unspecified atom stereocenters. The highest BCUT2D eigenvalue weighted by Crippen LogP contribution is 2.48. The third-order valence-electron chi connectivity index (χ3n) is 8.63. The molecule has 2 heterocycles. The molecule has 4 aromatic rings. The van der Waals surface area contributed by atoms with Crippen molar-refractivity contribution in [3.8, 4) is 0 Å². The van der Waals surface area contributed by atoms with Gasteiger partial charge < -0.3 is 9.47 Å². The number of urea groups is 1. The Labute approximate surface area is 291 Å². The average molecular weight is 695 g/mol. The summed E-state index contributed by atoms with van der Waals surface area (Å²) < 4.78 is 41.5. The highest BCUT2D eigenvalue weighted by molar-refractivity contribution is 7.89. The van der Waals surface area contributed by atoms with E-state index < -0.39 is 46.4 Å². The molecule has 0 spiro atoms. The Kier molecular flexibility index (Phi) is 9.91. The molecule has 0 N–H and O–H groups in total. The van der Waals surface area contributed by atoms with Gasteiger partial charge in [-0.3, -0.25) is 4.90 Å². The molecule has 0 saturated carbocycles. The zero-order chi connectivity index (χ0) is 35.4. The molecule has 4 aromatic carbocycles. The van der Waals surface area contributed by atoms with Crippen molar-refractivity contribution in [3.05, 3.63) is 149 Å². The largest absolute Gasteiger partial charge is 0.448 e. The number of aryl methyl sites for hydroxylation is 1. The summed E-state index contributed by atoms with van der Waals surface area (Å²) in [6.45, 7) is 5.06. The Morgan fingerprint density at radius 3 is 1.76 bits per heavy atom. The number of carbonyl (C=O) groups is 3. The number of hydrogen-bond acceptors (Lipinski definition) is 7. The van der Waals surface area contributed by atoms with Crippen molar-refractivity contribution in [2.45, 2.75) is 50.3 Å². The average Bonchev–Trinajstić information content (AvgIpc) is 3.13. The minimum atomic E-state index is -4.57. The molecule has 12 heteroatoms.